The van der Waals surface area contributed by atoms with Gasteiger partial charge in [-0.1, -0.05) is 12.1 Å². The standard InChI is InChI=1S/C23H15F3N2O4/c1-32-15-6-14(8-27-9-15)12-2-3-13(19(26)7-12)10-28-11-16(23(30)31)22(29)20-17(24)4-5-18(25)21(20)28/h2-9,11H,10H2,1H3,(H,30,31). The number of methoxy groups -OCH3 is 1. The number of ether oxygens (including phenoxy) is 1. The molecule has 0 radical (unpaired) electrons. The van der Waals surface area contributed by atoms with Crippen LogP contribution in [0, 0.1) is 17.5 Å². The number of pyridine rings is 2. The normalized spacial score (nSPS) is 11.0. The molecule has 4 rings (SSSR count). The number of carboxylic acid groups (broad SMARTS) is 1. The fraction of sp³-hybridized carbons (Fsp3) is 0.0870. The summed E-state index contributed by atoms with van der Waals surface area (Å²) in [4.78, 5) is 27.9. The minimum Gasteiger partial charge on any atom is -0.495 e. The molecule has 9 heteroatoms. The first-order chi connectivity index (χ1) is 15.3. The van der Waals surface area contributed by atoms with E-state index in [9.17, 15) is 27.9 Å². The number of fused-ring (bicyclic) bond motifs is 1. The van der Waals surface area contributed by atoms with E-state index in [1.165, 1.54) is 31.6 Å². The summed E-state index contributed by atoms with van der Waals surface area (Å²) in [5.74, 6) is -3.77. The first-order valence-electron chi connectivity index (χ1n) is 9.32. The number of hydrogen-bond acceptors (Lipinski definition) is 4. The summed E-state index contributed by atoms with van der Waals surface area (Å²) in [5.41, 5.74) is -1.16. The molecule has 0 amide bonds. The Bertz CT molecular complexity index is 1430. The molecule has 0 aliphatic heterocycles. The zero-order valence-electron chi connectivity index (χ0n) is 16.6. The molecular formula is C23H15F3N2O4. The van der Waals surface area contributed by atoms with E-state index in [1.54, 1.807) is 12.1 Å². The number of rotatable bonds is 5. The van der Waals surface area contributed by atoms with Gasteiger partial charge in [0.2, 0.25) is 5.43 Å². The molecule has 0 unspecified atom stereocenters. The van der Waals surface area contributed by atoms with Crippen LogP contribution < -0.4 is 10.2 Å². The van der Waals surface area contributed by atoms with E-state index in [0.29, 0.717) is 16.9 Å². The van der Waals surface area contributed by atoms with Gasteiger partial charge in [-0.05, 0) is 29.8 Å². The van der Waals surface area contributed by atoms with Gasteiger partial charge >= 0.3 is 5.97 Å². The van der Waals surface area contributed by atoms with E-state index in [2.05, 4.69) is 4.98 Å². The Hall–Kier alpha value is -4.14. The predicted octanol–water partition coefficient (Wildman–Crippen LogP) is 4.24. The molecule has 2 aromatic heterocycles. The van der Waals surface area contributed by atoms with Gasteiger partial charge in [0.1, 0.15) is 28.8 Å². The molecule has 2 heterocycles. The first kappa shape index (κ1) is 21.1. The van der Waals surface area contributed by atoms with Gasteiger partial charge in [0.15, 0.2) is 0 Å². The van der Waals surface area contributed by atoms with Gasteiger partial charge in [-0.2, -0.15) is 0 Å². The summed E-state index contributed by atoms with van der Waals surface area (Å²) in [6.07, 6.45) is 3.92. The molecule has 0 aliphatic carbocycles. The average molecular weight is 440 g/mol. The van der Waals surface area contributed by atoms with Crippen LogP contribution in [0.2, 0.25) is 0 Å². The average Bonchev–Trinajstić information content (AvgIpc) is 2.78. The Balaban J connectivity index is 1.83. The van der Waals surface area contributed by atoms with Crippen LogP contribution in [0.15, 0.2) is 59.8 Å². The fourth-order valence-corrected chi connectivity index (χ4v) is 3.46. The zero-order valence-corrected chi connectivity index (χ0v) is 16.6. The summed E-state index contributed by atoms with van der Waals surface area (Å²) in [5, 5.41) is 8.61. The second-order valence-electron chi connectivity index (χ2n) is 6.98. The number of nitrogens with zero attached hydrogens (tertiary/aromatic N) is 2. The van der Waals surface area contributed by atoms with Gasteiger partial charge in [-0.25, -0.2) is 18.0 Å². The van der Waals surface area contributed by atoms with Crippen molar-refractivity contribution in [3.05, 3.63) is 93.8 Å². The molecule has 6 nitrogen and oxygen atoms in total. The molecule has 4 aromatic rings. The second-order valence-corrected chi connectivity index (χ2v) is 6.98. The first-order valence-corrected chi connectivity index (χ1v) is 9.32. The van der Waals surface area contributed by atoms with Crippen LogP contribution in [0.5, 0.6) is 5.75 Å². The number of benzene rings is 2. The van der Waals surface area contributed by atoms with Gasteiger partial charge in [-0.3, -0.25) is 9.78 Å². The maximum Gasteiger partial charge on any atom is 0.341 e. The quantitative estimate of drug-likeness (QED) is 0.502. The van der Waals surface area contributed by atoms with Crippen LogP contribution in [0.25, 0.3) is 22.0 Å². The molecular weight excluding hydrogens is 425 g/mol. The van der Waals surface area contributed by atoms with Crippen molar-refractivity contribution in [1.29, 1.82) is 0 Å². The summed E-state index contributed by atoms with van der Waals surface area (Å²) in [6, 6.07) is 7.52. The lowest BCUT2D eigenvalue weighted by molar-refractivity contribution is 0.0695. The van der Waals surface area contributed by atoms with Crippen LogP contribution >= 0.6 is 0 Å². The Morgan fingerprint density at radius 3 is 2.47 bits per heavy atom. The predicted molar refractivity (Wildman–Crippen MR) is 110 cm³/mol. The molecule has 32 heavy (non-hydrogen) atoms. The molecule has 0 bridgehead atoms. The van der Waals surface area contributed by atoms with Crippen LogP contribution in [0.3, 0.4) is 0 Å². The van der Waals surface area contributed by atoms with E-state index in [-0.39, 0.29) is 12.1 Å². The summed E-state index contributed by atoms with van der Waals surface area (Å²) >= 11 is 0. The van der Waals surface area contributed by atoms with Crippen LogP contribution in [0.4, 0.5) is 13.2 Å². The van der Waals surface area contributed by atoms with Gasteiger partial charge < -0.3 is 14.4 Å². The minimum atomic E-state index is -1.60. The zero-order chi connectivity index (χ0) is 23.0. The molecule has 1 N–H and O–H groups in total. The largest absolute Gasteiger partial charge is 0.495 e. The van der Waals surface area contributed by atoms with Crippen molar-refractivity contribution in [2.24, 2.45) is 0 Å². The Labute approximate surface area is 179 Å². The third-order valence-corrected chi connectivity index (χ3v) is 5.03. The molecule has 162 valence electrons. The lowest BCUT2D eigenvalue weighted by atomic mass is 10.0. The Morgan fingerprint density at radius 2 is 1.78 bits per heavy atom. The van der Waals surface area contributed by atoms with Crippen LogP contribution in [-0.2, 0) is 6.54 Å². The van der Waals surface area contributed by atoms with Crippen molar-refractivity contribution in [2.45, 2.75) is 6.54 Å². The number of halogens is 3. The van der Waals surface area contributed by atoms with Crippen molar-refractivity contribution < 1.29 is 27.8 Å². The topological polar surface area (TPSA) is 81.4 Å². The monoisotopic (exact) mass is 440 g/mol. The molecule has 0 spiro atoms. The minimum absolute atomic E-state index is 0.0783. The SMILES string of the molecule is COc1cncc(-c2ccc(Cn3cc(C(=O)O)c(=O)c4c(F)ccc(F)c43)c(F)c2)c1. The summed E-state index contributed by atoms with van der Waals surface area (Å²) in [6.45, 7) is -0.333. The lowest BCUT2D eigenvalue weighted by Gasteiger charge is -2.15. The molecule has 0 saturated carbocycles. The molecule has 0 fully saturated rings. The van der Waals surface area contributed by atoms with E-state index in [4.69, 9.17) is 4.74 Å². The van der Waals surface area contributed by atoms with Gasteiger partial charge in [0, 0.05) is 23.5 Å². The fourth-order valence-electron chi connectivity index (χ4n) is 3.46. The lowest BCUT2D eigenvalue weighted by Crippen LogP contribution is -2.21. The van der Waals surface area contributed by atoms with Crippen LogP contribution in [0.1, 0.15) is 15.9 Å². The third-order valence-electron chi connectivity index (χ3n) is 5.03. The molecule has 0 aliphatic rings. The number of carbonyl (C=O) groups is 1. The Kier molecular flexibility index (Phi) is 5.40. The van der Waals surface area contributed by atoms with Crippen molar-refractivity contribution in [3.8, 4) is 16.9 Å². The van der Waals surface area contributed by atoms with Gasteiger partial charge in [0.25, 0.3) is 0 Å². The third kappa shape index (κ3) is 3.68. The van der Waals surface area contributed by atoms with Gasteiger partial charge in [-0.15, -0.1) is 0 Å². The van der Waals surface area contributed by atoms with E-state index < -0.39 is 45.3 Å². The number of carboxylic acids is 1. The highest BCUT2D eigenvalue weighted by Gasteiger charge is 2.20. The van der Waals surface area contributed by atoms with Crippen LogP contribution in [-0.4, -0.2) is 27.7 Å². The highest BCUT2D eigenvalue weighted by atomic mass is 19.1. The Morgan fingerprint density at radius 1 is 1.03 bits per heavy atom. The highest BCUT2D eigenvalue weighted by molar-refractivity contribution is 5.93. The van der Waals surface area contributed by atoms with Crippen molar-refractivity contribution in [3.63, 3.8) is 0 Å². The second kappa shape index (κ2) is 8.18. The van der Waals surface area contributed by atoms with E-state index in [1.807, 2.05) is 0 Å². The van der Waals surface area contributed by atoms with E-state index >= 15 is 0 Å². The van der Waals surface area contributed by atoms with Crippen molar-refractivity contribution in [2.75, 3.05) is 7.11 Å². The number of hydrogen-bond donors (Lipinski definition) is 1. The summed E-state index contributed by atoms with van der Waals surface area (Å²) in [7, 11) is 1.48. The molecule has 0 saturated heterocycles. The number of aromatic nitrogens is 2. The summed E-state index contributed by atoms with van der Waals surface area (Å²) < 4.78 is 49.9. The smallest absolute Gasteiger partial charge is 0.341 e. The maximum atomic E-state index is 14.9. The van der Waals surface area contributed by atoms with E-state index in [0.717, 1.165) is 22.9 Å². The van der Waals surface area contributed by atoms with Gasteiger partial charge in [0.05, 0.1) is 30.8 Å². The maximum absolute atomic E-state index is 14.9. The van der Waals surface area contributed by atoms with Crippen molar-refractivity contribution in [1.82, 2.24) is 9.55 Å². The highest BCUT2D eigenvalue weighted by Crippen LogP contribution is 2.26. The molecule has 2 aromatic carbocycles. The number of aromatic carboxylic acids is 1. The van der Waals surface area contributed by atoms with Crippen molar-refractivity contribution >= 4 is 16.9 Å². The molecule has 0 atom stereocenters.